The van der Waals surface area contributed by atoms with E-state index in [2.05, 4.69) is 0 Å². The molecule has 0 nitrogen and oxygen atoms in total. The van der Waals surface area contributed by atoms with Crippen molar-refractivity contribution in [3.05, 3.63) is 0 Å². The van der Waals surface area contributed by atoms with Crippen LogP contribution >= 0.6 is 37.2 Å². The van der Waals surface area contributed by atoms with Crippen LogP contribution in [0.2, 0.25) is 0 Å². The van der Waals surface area contributed by atoms with Crippen molar-refractivity contribution in [3.8, 4) is 0 Å². The average Bonchev–Trinajstić information content (AvgIpc) is 0. The highest BCUT2D eigenvalue weighted by Crippen LogP contribution is 0.692. The van der Waals surface area contributed by atoms with Gasteiger partial charge in [0.15, 0.2) is 17.4 Å². The predicted molar refractivity (Wildman–Crippen MR) is 40.2 cm³/mol. The number of hydrogen-bond acceptors (Lipinski definition) is 0. The van der Waals surface area contributed by atoms with Crippen LogP contribution in [-0.2, 0) is 0 Å². The first kappa shape index (κ1) is 58.0. The molecule has 0 fully saturated rings. The van der Waals surface area contributed by atoms with Gasteiger partial charge in [0.1, 0.15) is 0 Å². The van der Waals surface area contributed by atoms with Gasteiger partial charge in [-0.25, -0.2) is 0 Å². The molecule has 0 bridgehead atoms. The molecule has 0 aliphatic rings. The Hall–Kier alpha value is 2.17. The molecule has 0 unspecified atom stereocenters. The molecular weight excluding hydrogens is 158 g/mol. The summed E-state index contributed by atoms with van der Waals surface area (Å²) >= 11 is 0. The quantitative estimate of drug-likeness (QED) is 0.411. The maximum absolute atomic E-state index is 0. The Balaban J connectivity index is 0. The summed E-state index contributed by atoms with van der Waals surface area (Å²) in [5.74, 6) is 0. The van der Waals surface area contributed by atoms with Crippen LogP contribution in [0.1, 0.15) is 0 Å². The van der Waals surface area contributed by atoms with Crippen LogP contribution in [0.25, 0.3) is 0 Å². The summed E-state index contributed by atoms with van der Waals surface area (Å²) in [6, 6.07) is 0. The van der Waals surface area contributed by atoms with E-state index in [0.29, 0.717) is 0 Å². The van der Waals surface area contributed by atoms with Crippen molar-refractivity contribution in [2.75, 3.05) is 0 Å². The van der Waals surface area contributed by atoms with E-state index < -0.39 is 0 Å². The summed E-state index contributed by atoms with van der Waals surface area (Å²) in [5.41, 5.74) is 0. The topological polar surface area (TPSA) is 0 Å². The molecule has 5 heavy (non-hydrogen) atoms. The first-order chi connectivity index (χ1) is 0. The lowest BCUT2D eigenvalue weighted by molar-refractivity contribution is 5.75. The average molecular weight is 166 g/mol. The molecule has 0 aromatic heterocycles. The standard InChI is InChI=1S/Al.3ClH.Mg.5H/h;3*1H;;;;;;. The van der Waals surface area contributed by atoms with Gasteiger partial charge in [-0.2, -0.15) is 0 Å². The number of hydrogen-bond donors (Lipinski definition) is 0. The molecule has 0 spiro atoms. The molecule has 0 heterocycles. The Morgan fingerprint density at radius 1 is 0.600 bits per heavy atom. The monoisotopic (exact) mass is 164 g/mol. The number of halogens is 3. The van der Waals surface area contributed by atoms with E-state index in [1.165, 1.54) is 0 Å². The third-order valence-electron chi connectivity index (χ3n) is 0. The fourth-order valence-corrected chi connectivity index (χ4v) is 0. The Kier molecular flexibility index (Phi) is 406. The zero-order valence-electron chi connectivity index (χ0n) is 1.22. The second-order valence-corrected chi connectivity index (χ2v) is 0. The van der Waals surface area contributed by atoms with Crippen molar-refractivity contribution in [1.29, 1.82) is 0 Å². The van der Waals surface area contributed by atoms with Gasteiger partial charge < -0.3 is 0 Å². The summed E-state index contributed by atoms with van der Waals surface area (Å²) in [5, 5.41) is 0. The highest BCUT2D eigenvalue weighted by atomic mass is 35.5. The van der Waals surface area contributed by atoms with Crippen molar-refractivity contribution >= 4 is 77.6 Å². The molecule has 0 atom stereocenters. The molecule has 0 saturated carbocycles. The van der Waals surface area contributed by atoms with E-state index in [0.717, 1.165) is 0 Å². The van der Waals surface area contributed by atoms with Crippen molar-refractivity contribution < 1.29 is 0 Å². The SMILES string of the molecule is Cl.Cl.Cl.[AlH3].[MgH2]. The summed E-state index contributed by atoms with van der Waals surface area (Å²) in [7, 11) is 0. The maximum atomic E-state index is 0. The molecule has 34 valence electrons. The molecule has 0 saturated heterocycles. The fraction of sp³-hybridized carbons (Fsp3) is 0. The van der Waals surface area contributed by atoms with Crippen molar-refractivity contribution in [2.24, 2.45) is 0 Å². The van der Waals surface area contributed by atoms with E-state index in [1.807, 2.05) is 0 Å². The van der Waals surface area contributed by atoms with Crippen molar-refractivity contribution in [2.45, 2.75) is 0 Å². The second-order valence-electron chi connectivity index (χ2n) is 0. The maximum Gasteiger partial charge on any atom is 0.316 e. The normalized spacial score (nSPS) is 0. The molecule has 0 aromatic rings. The van der Waals surface area contributed by atoms with E-state index in [4.69, 9.17) is 0 Å². The van der Waals surface area contributed by atoms with Crippen LogP contribution in [-0.4, -0.2) is 40.4 Å². The van der Waals surface area contributed by atoms with E-state index in [1.54, 1.807) is 0 Å². The Morgan fingerprint density at radius 2 is 0.600 bits per heavy atom. The van der Waals surface area contributed by atoms with Crippen LogP contribution in [0, 0.1) is 0 Å². The Bertz CT molecular complexity index is 6.85. The van der Waals surface area contributed by atoms with Crippen molar-refractivity contribution in [3.63, 3.8) is 0 Å². The van der Waals surface area contributed by atoms with Gasteiger partial charge in [-0.05, 0) is 0 Å². The minimum atomic E-state index is 0. The van der Waals surface area contributed by atoms with Crippen molar-refractivity contribution in [1.82, 2.24) is 0 Å². The van der Waals surface area contributed by atoms with Crippen LogP contribution < -0.4 is 0 Å². The Morgan fingerprint density at radius 3 is 0.600 bits per heavy atom. The van der Waals surface area contributed by atoms with Gasteiger partial charge in [-0.3, -0.25) is 0 Å². The van der Waals surface area contributed by atoms with Gasteiger partial charge in [-0.1, -0.05) is 0 Å². The molecule has 0 rings (SSSR count). The minimum absolute atomic E-state index is 0. The van der Waals surface area contributed by atoms with Gasteiger partial charge in [-0.15, -0.1) is 37.2 Å². The first-order valence-corrected chi connectivity index (χ1v) is 0. The van der Waals surface area contributed by atoms with E-state index in [-0.39, 0.29) is 77.6 Å². The van der Waals surface area contributed by atoms with Gasteiger partial charge in [0.2, 0.25) is 0 Å². The van der Waals surface area contributed by atoms with Crippen LogP contribution in [0.5, 0.6) is 0 Å². The smallest absolute Gasteiger partial charge is 0.147 e. The molecule has 0 N–H and O–H groups in total. The molecule has 0 aliphatic heterocycles. The summed E-state index contributed by atoms with van der Waals surface area (Å²) in [6.07, 6.45) is 0. The molecule has 0 aromatic carbocycles. The molecule has 0 amide bonds. The van der Waals surface area contributed by atoms with Crippen LogP contribution in [0.4, 0.5) is 0 Å². The summed E-state index contributed by atoms with van der Waals surface area (Å²) < 4.78 is 0. The highest BCUT2D eigenvalue weighted by Gasteiger charge is 0.316. The van der Waals surface area contributed by atoms with Crippen LogP contribution in [0.3, 0.4) is 0 Å². The molecule has 0 aliphatic carbocycles. The second kappa shape index (κ2) is 35.0. The molecule has 0 radical (unpaired) electrons. The molecule has 5 heteroatoms. The largest absolute Gasteiger partial charge is 0.316 e. The zero-order valence-corrected chi connectivity index (χ0v) is 3.67. The lowest BCUT2D eigenvalue weighted by atomic mass is 24.3. The van der Waals surface area contributed by atoms with E-state index in [9.17, 15) is 0 Å². The lowest BCUT2D eigenvalue weighted by Gasteiger charge is -0.148. The first-order valence-electron chi connectivity index (χ1n) is 0. The van der Waals surface area contributed by atoms with Gasteiger partial charge in [0.05, 0.1) is 0 Å². The minimum Gasteiger partial charge on any atom is -0.147 e. The van der Waals surface area contributed by atoms with Crippen LogP contribution in [0.15, 0.2) is 0 Å². The van der Waals surface area contributed by atoms with E-state index >= 15 is 0 Å². The third kappa shape index (κ3) is 22.8. The summed E-state index contributed by atoms with van der Waals surface area (Å²) in [6.45, 7) is 0. The summed E-state index contributed by atoms with van der Waals surface area (Å²) in [4.78, 5) is 0. The molecular formula is H8AlCl3Mg. The number of rotatable bonds is 0. The van der Waals surface area contributed by atoms with Gasteiger partial charge >= 0.3 is 23.1 Å². The zero-order chi connectivity index (χ0) is 0. The fourth-order valence-electron chi connectivity index (χ4n) is 0. The third-order valence-corrected chi connectivity index (χ3v) is 0. The predicted octanol–water partition coefficient (Wildman–Crippen LogP) is -0.835. The van der Waals surface area contributed by atoms with Gasteiger partial charge in [0.25, 0.3) is 0 Å². The Labute approximate surface area is 77.0 Å². The van der Waals surface area contributed by atoms with Gasteiger partial charge in [0, 0.05) is 0 Å². The highest BCUT2D eigenvalue weighted by molar-refractivity contribution is 5.86. The lowest BCUT2D eigenvalue weighted by Crippen LogP contribution is -0.382.